The van der Waals surface area contributed by atoms with Gasteiger partial charge in [0.15, 0.2) is 0 Å². The fourth-order valence-corrected chi connectivity index (χ4v) is 3.25. The van der Waals surface area contributed by atoms with Gasteiger partial charge >= 0.3 is 0 Å². The zero-order valence-electron chi connectivity index (χ0n) is 12.8. The molecule has 1 unspecified atom stereocenters. The second-order valence-corrected chi connectivity index (χ2v) is 6.58. The Morgan fingerprint density at radius 2 is 1.95 bits per heavy atom. The maximum atomic E-state index is 3.77. The summed E-state index contributed by atoms with van der Waals surface area (Å²) in [7, 11) is 0. The van der Waals surface area contributed by atoms with Crippen molar-refractivity contribution in [2.45, 2.75) is 70.8 Å². The minimum Gasteiger partial charge on any atom is -0.310 e. The second-order valence-electron chi connectivity index (χ2n) is 6.58. The first kappa shape index (κ1) is 14.6. The summed E-state index contributed by atoms with van der Waals surface area (Å²) in [5.74, 6) is 0. The van der Waals surface area contributed by atoms with E-state index in [0.29, 0.717) is 11.5 Å². The number of fused-ring (bicyclic) bond motifs is 1. The van der Waals surface area contributed by atoms with Gasteiger partial charge in [0, 0.05) is 6.04 Å². The Hall–Kier alpha value is -0.820. The van der Waals surface area contributed by atoms with E-state index in [2.05, 4.69) is 50.4 Å². The number of benzene rings is 1. The average Bonchev–Trinajstić information content (AvgIpc) is 2.41. The standard InChI is InChI=1S/C18H29N/c1-4-5-6-9-14-19-17-12-13-18(2,3)16-11-8-7-10-15(16)17/h7-8,10-11,17,19H,4-6,9,12-14H2,1-3H3. The lowest BCUT2D eigenvalue weighted by molar-refractivity contribution is 0.356. The molecule has 0 saturated heterocycles. The Balaban J connectivity index is 1.96. The molecule has 1 heteroatoms. The SMILES string of the molecule is CCCCCCNC1CCC(C)(C)c2ccccc21. The van der Waals surface area contributed by atoms with Crippen molar-refractivity contribution in [2.24, 2.45) is 0 Å². The molecule has 1 aromatic carbocycles. The summed E-state index contributed by atoms with van der Waals surface area (Å²) in [6.07, 6.45) is 7.93. The van der Waals surface area contributed by atoms with Crippen molar-refractivity contribution in [3.63, 3.8) is 0 Å². The van der Waals surface area contributed by atoms with Crippen LogP contribution in [0.2, 0.25) is 0 Å². The van der Waals surface area contributed by atoms with Crippen molar-refractivity contribution in [1.82, 2.24) is 5.32 Å². The van der Waals surface area contributed by atoms with Gasteiger partial charge in [0.1, 0.15) is 0 Å². The first-order chi connectivity index (χ1) is 9.15. The number of nitrogens with one attached hydrogen (secondary N) is 1. The maximum absolute atomic E-state index is 3.77. The van der Waals surface area contributed by atoms with Gasteiger partial charge in [-0.1, -0.05) is 64.3 Å². The van der Waals surface area contributed by atoms with Crippen LogP contribution in [-0.4, -0.2) is 6.54 Å². The number of hydrogen-bond donors (Lipinski definition) is 1. The molecular weight excluding hydrogens is 230 g/mol. The van der Waals surface area contributed by atoms with Crippen molar-refractivity contribution in [3.05, 3.63) is 35.4 Å². The maximum Gasteiger partial charge on any atom is 0.0323 e. The van der Waals surface area contributed by atoms with E-state index in [1.54, 1.807) is 5.56 Å². The fraction of sp³-hybridized carbons (Fsp3) is 0.667. The molecule has 0 heterocycles. The van der Waals surface area contributed by atoms with Crippen LogP contribution in [0.3, 0.4) is 0 Å². The van der Waals surface area contributed by atoms with Crippen LogP contribution in [0.5, 0.6) is 0 Å². The zero-order chi connectivity index (χ0) is 13.7. The van der Waals surface area contributed by atoms with E-state index < -0.39 is 0 Å². The lowest BCUT2D eigenvalue weighted by atomic mass is 9.71. The Morgan fingerprint density at radius 1 is 1.16 bits per heavy atom. The van der Waals surface area contributed by atoms with E-state index in [9.17, 15) is 0 Å². The van der Waals surface area contributed by atoms with Crippen molar-refractivity contribution >= 4 is 0 Å². The van der Waals surface area contributed by atoms with Gasteiger partial charge < -0.3 is 5.32 Å². The van der Waals surface area contributed by atoms with Crippen LogP contribution in [-0.2, 0) is 5.41 Å². The lowest BCUT2D eigenvalue weighted by Crippen LogP contribution is -2.33. The summed E-state index contributed by atoms with van der Waals surface area (Å²) in [4.78, 5) is 0. The van der Waals surface area contributed by atoms with Crippen molar-refractivity contribution < 1.29 is 0 Å². The van der Waals surface area contributed by atoms with Gasteiger partial charge in [-0.15, -0.1) is 0 Å². The molecule has 0 radical (unpaired) electrons. The molecule has 1 aromatic rings. The third-order valence-electron chi connectivity index (χ3n) is 4.54. The van der Waals surface area contributed by atoms with Crippen molar-refractivity contribution in [2.75, 3.05) is 6.54 Å². The van der Waals surface area contributed by atoms with Crippen LogP contribution >= 0.6 is 0 Å². The quantitative estimate of drug-likeness (QED) is 0.711. The highest BCUT2D eigenvalue weighted by Gasteiger charge is 2.31. The summed E-state index contributed by atoms with van der Waals surface area (Å²) in [5, 5.41) is 3.77. The summed E-state index contributed by atoms with van der Waals surface area (Å²) in [6, 6.07) is 9.59. The molecular formula is C18H29N. The Bertz CT molecular complexity index is 394. The van der Waals surface area contributed by atoms with Crippen molar-refractivity contribution in [3.8, 4) is 0 Å². The number of hydrogen-bond acceptors (Lipinski definition) is 1. The van der Waals surface area contributed by atoms with Crippen molar-refractivity contribution in [1.29, 1.82) is 0 Å². The first-order valence-corrected chi connectivity index (χ1v) is 7.98. The Labute approximate surface area is 118 Å². The predicted octanol–water partition coefficient (Wildman–Crippen LogP) is 4.97. The predicted molar refractivity (Wildman–Crippen MR) is 83.6 cm³/mol. The van der Waals surface area contributed by atoms with Gasteiger partial charge in [-0.2, -0.15) is 0 Å². The fourth-order valence-electron chi connectivity index (χ4n) is 3.25. The van der Waals surface area contributed by atoms with Crippen LogP contribution in [0.4, 0.5) is 0 Å². The summed E-state index contributed by atoms with van der Waals surface area (Å²) in [5.41, 5.74) is 3.43. The molecule has 1 aliphatic rings. The Kier molecular flexibility index (Phi) is 5.04. The van der Waals surface area contributed by atoms with E-state index in [0.717, 1.165) is 0 Å². The van der Waals surface area contributed by atoms with Gasteiger partial charge in [0.05, 0.1) is 0 Å². The Morgan fingerprint density at radius 3 is 2.74 bits per heavy atom. The molecule has 1 aliphatic carbocycles. The molecule has 0 spiro atoms. The highest BCUT2D eigenvalue weighted by molar-refractivity contribution is 5.38. The largest absolute Gasteiger partial charge is 0.310 e. The molecule has 0 aliphatic heterocycles. The summed E-state index contributed by atoms with van der Waals surface area (Å²) in [6.45, 7) is 8.19. The molecule has 0 fully saturated rings. The molecule has 0 saturated carbocycles. The van der Waals surface area contributed by atoms with Gasteiger partial charge in [-0.05, 0) is 42.3 Å². The molecule has 1 nitrogen and oxygen atoms in total. The number of unbranched alkanes of at least 4 members (excludes halogenated alkanes) is 3. The first-order valence-electron chi connectivity index (χ1n) is 7.98. The number of rotatable bonds is 6. The van der Waals surface area contributed by atoms with Gasteiger partial charge in [-0.25, -0.2) is 0 Å². The van der Waals surface area contributed by atoms with E-state index in [1.165, 1.54) is 50.6 Å². The summed E-state index contributed by atoms with van der Waals surface area (Å²) >= 11 is 0. The molecule has 1 atom stereocenters. The monoisotopic (exact) mass is 259 g/mol. The average molecular weight is 259 g/mol. The van der Waals surface area contributed by atoms with E-state index in [-0.39, 0.29) is 0 Å². The van der Waals surface area contributed by atoms with E-state index in [1.807, 2.05) is 0 Å². The smallest absolute Gasteiger partial charge is 0.0323 e. The topological polar surface area (TPSA) is 12.0 Å². The molecule has 0 amide bonds. The molecule has 0 aromatic heterocycles. The van der Waals surface area contributed by atoms with E-state index in [4.69, 9.17) is 0 Å². The van der Waals surface area contributed by atoms with Crippen LogP contribution in [0, 0.1) is 0 Å². The second kappa shape index (κ2) is 6.56. The third-order valence-corrected chi connectivity index (χ3v) is 4.54. The van der Waals surface area contributed by atoms with Gasteiger partial charge in [-0.3, -0.25) is 0 Å². The molecule has 106 valence electrons. The van der Waals surface area contributed by atoms with Crippen LogP contribution in [0.1, 0.15) is 76.5 Å². The highest BCUT2D eigenvalue weighted by Crippen LogP contribution is 2.41. The molecule has 0 bridgehead atoms. The van der Waals surface area contributed by atoms with Crippen LogP contribution in [0.25, 0.3) is 0 Å². The molecule has 2 rings (SSSR count). The van der Waals surface area contributed by atoms with Crippen LogP contribution in [0.15, 0.2) is 24.3 Å². The third kappa shape index (κ3) is 3.60. The lowest BCUT2D eigenvalue weighted by Gasteiger charge is -2.37. The van der Waals surface area contributed by atoms with Gasteiger partial charge in [0.2, 0.25) is 0 Å². The minimum atomic E-state index is 0.344. The molecule has 1 N–H and O–H groups in total. The van der Waals surface area contributed by atoms with Crippen LogP contribution < -0.4 is 5.32 Å². The highest BCUT2D eigenvalue weighted by atomic mass is 14.9. The van der Waals surface area contributed by atoms with Gasteiger partial charge in [0.25, 0.3) is 0 Å². The minimum absolute atomic E-state index is 0.344. The van der Waals surface area contributed by atoms with E-state index >= 15 is 0 Å². The molecule has 19 heavy (non-hydrogen) atoms. The zero-order valence-corrected chi connectivity index (χ0v) is 12.8. The summed E-state index contributed by atoms with van der Waals surface area (Å²) < 4.78 is 0. The normalized spacial score (nSPS) is 21.1.